The van der Waals surface area contributed by atoms with E-state index in [1.807, 2.05) is 30.6 Å². The van der Waals surface area contributed by atoms with Crippen molar-refractivity contribution >= 4 is 22.4 Å². The Morgan fingerprint density at radius 3 is 3.00 bits per heavy atom. The molecule has 3 aromatic rings. The van der Waals surface area contributed by atoms with E-state index in [9.17, 15) is 0 Å². The number of fused-ring (bicyclic) bond motifs is 1. The van der Waals surface area contributed by atoms with E-state index in [4.69, 9.17) is 5.11 Å². The molecular formula is C16H14N2OS. The topological polar surface area (TPSA) is 38.0 Å². The van der Waals surface area contributed by atoms with Gasteiger partial charge in [0, 0.05) is 11.3 Å². The Hall–Kier alpha value is -2.09. The highest BCUT2D eigenvalue weighted by Crippen LogP contribution is 2.19. The Bertz CT molecular complexity index is 776. The minimum atomic E-state index is 0.117. The Labute approximate surface area is 121 Å². The molecule has 1 aromatic carbocycles. The third-order valence-electron chi connectivity index (χ3n) is 2.96. The highest BCUT2D eigenvalue weighted by Gasteiger charge is 2.04. The molecular weight excluding hydrogens is 268 g/mol. The molecule has 0 radical (unpaired) electrons. The van der Waals surface area contributed by atoms with Crippen LogP contribution in [0.1, 0.15) is 16.2 Å². The number of hydrogen-bond acceptors (Lipinski definition) is 3. The molecule has 0 aliphatic rings. The van der Waals surface area contributed by atoms with Crippen LogP contribution in [-0.4, -0.2) is 21.3 Å². The molecule has 0 spiro atoms. The fourth-order valence-corrected chi connectivity index (χ4v) is 2.92. The number of thiophene rings is 1. The van der Waals surface area contributed by atoms with Crippen LogP contribution < -0.4 is 0 Å². The van der Waals surface area contributed by atoms with E-state index in [1.54, 1.807) is 11.3 Å². The van der Waals surface area contributed by atoms with Gasteiger partial charge in [0.2, 0.25) is 0 Å². The van der Waals surface area contributed by atoms with Crippen molar-refractivity contribution in [2.75, 3.05) is 6.61 Å². The molecule has 0 aliphatic carbocycles. The van der Waals surface area contributed by atoms with E-state index in [0.29, 0.717) is 6.42 Å². The Balaban J connectivity index is 1.80. The van der Waals surface area contributed by atoms with Gasteiger partial charge < -0.3 is 9.67 Å². The number of hydrogen-bond donors (Lipinski definition) is 1. The summed E-state index contributed by atoms with van der Waals surface area (Å²) >= 11 is 1.69. The summed E-state index contributed by atoms with van der Waals surface area (Å²) in [7, 11) is 0. The number of nitrogens with zero attached hydrogens (tertiary/aromatic N) is 2. The molecule has 0 unspecified atom stereocenters. The zero-order chi connectivity index (χ0) is 13.8. The van der Waals surface area contributed by atoms with Crippen molar-refractivity contribution in [1.82, 2.24) is 9.55 Å². The molecule has 20 heavy (non-hydrogen) atoms. The maximum atomic E-state index is 8.71. The zero-order valence-electron chi connectivity index (χ0n) is 10.9. The van der Waals surface area contributed by atoms with Gasteiger partial charge in [-0.2, -0.15) is 0 Å². The van der Waals surface area contributed by atoms with E-state index < -0.39 is 0 Å². The zero-order valence-corrected chi connectivity index (χ0v) is 11.7. The largest absolute Gasteiger partial charge is 0.395 e. The summed E-state index contributed by atoms with van der Waals surface area (Å²) in [5, 5.41) is 8.71. The Morgan fingerprint density at radius 2 is 2.10 bits per heavy atom. The summed E-state index contributed by atoms with van der Waals surface area (Å²) in [6.45, 7) is 0.930. The van der Waals surface area contributed by atoms with Crippen LogP contribution in [0.2, 0.25) is 0 Å². The maximum absolute atomic E-state index is 8.71. The van der Waals surface area contributed by atoms with Crippen molar-refractivity contribution in [2.45, 2.75) is 13.0 Å². The second-order valence-electron chi connectivity index (χ2n) is 4.40. The molecule has 1 N–H and O–H groups in total. The summed E-state index contributed by atoms with van der Waals surface area (Å²) in [6, 6.07) is 12.3. The van der Waals surface area contributed by atoms with E-state index in [2.05, 4.69) is 33.5 Å². The van der Waals surface area contributed by atoms with Crippen LogP contribution >= 0.6 is 11.3 Å². The van der Waals surface area contributed by atoms with Gasteiger partial charge in [0.05, 0.1) is 35.4 Å². The first-order valence-electron chi connectivity index (χ1n) is 6.45. The molecule has 0 saturated heterocycles. The van der Waals surface area contributed by atoms with Crippen LogP contribution in [0.3, 0.4) is 0 Å². The van der Waals surface area contributed by atoms with Gasteiger partial charge in [0.15, 0.2) is 0 Å². The van der Waals surface area contributed by atoms with Gasteiger partial charge in [-0.15, -0.1) is 11.3 Å². The van der Waals surface area contributed by atoms with Gasteiger partial charge in [0.25, 0.3) is 0 Å². The summed E-state index contributed by atoms with van der Waals surface area (Å²) < 4.78 is 2.14. The quantitative estimate of drug-likeness (QED) is 0.750. The molecule has 0 amide bonds. The minimum absolute atomic E-state index is 0.117. The van der Waals surface area contributed by atoms with E-state index >= 15 is 0 Å². The number of aliphatic hydroxyl groups is 1. The lowest BCUT2D eigenvalue weighted by atomic mass is 10.3. The fourth-order valence-electron chi connectivity index (χ4n) is 2.04. The first kappa shape index (κ1) is 12.9. The van der Waals surface area contributed by atoms with Crippen LogP contribution in [0, 0.1) is 11.8 Å². The molecule has 0 saturated carbocycles. The summed E-state index contributed by atoms with van der Waals surface area (Å²) in [5.74, 6) is 6.01. The predicted molar refractivity (Wildman–Crippen MR) is 81.7 cm³/mol. The molecule has 0 aliphatic heterocycles. The molecule has 3 rings (SSSR count). The molecule has 0 fully saturated rings. The SMILES string of the molecule is OCCC#Cc1ccc(Cn2cnc3ccccc32)s1. The van der Waals surface area contributed by atoms with Crippen LogP contribution in [0.5, 0.6) is 0 Å². The molecule has 2 aromatic heterocycles. The molecule has 4 heteroatoms. The van der Waals surface area contributed by atoms with E-state index in [1.165, 1.54) is 4.88 Å². The Kier molecular flexibility index (Phi) is 3.82. The Morgan fingerprint density at radius 1 is 1.20 bits per heavy atom. The van der Waals surface area contributed by atoms with Gasteiger partial charge in [-0.1, -0.05) is 24.0 Å². The summed E-state index contributed by atoms with van der Waals surface area (Å²) in [4.78, 5) is 6.69. The number of rotatable bonds is 3. The average Bonchev–Trinajstić information content (AvgIpc) is 3.08. The fraction of sp³-hybridized carbons (Fsp3) is 0.188. The molecule has 0 bridgehead atoms. The van der Waals surface area contributed by atoms with Crippen LogP contribution in [-0.2, 0) is 6.54 Å². The lowest BCUT2D eigenvalue weighted by Gasteiger charge is -2.01. The smallest absolute Gasteiger partial charge is 0.0961 e. The van der Waals surface area contributed by atoms with Gasteiger partial charge in [0.1, 0.15) is 0 Å². The number of aliphatic hydroxyl groups excluding tert-OH is 1. The second-order valence-corrected chi connectivity index (χ2v) is 5.57. The molecule has 0 atom stereocenters. The van der Waals surface area contributed by atoms with Gasteiger partial charge >= 0.3 is 0 Å². The highest BCUT2D eigenvalue weighted by atomic mass is 32.1. The van der Waals surface area contributed by atoms with Crippen molar-refractivity contribution in [1.29, 1.82) is 0 Å². The normalized spacial score (nSPS) is 10.4. The minimum Gasteiger partial charge on any atom is -0.395 e. The van der Waals surface area contributed by atoms with Crippen LogP contribution in [0.4, 0.5) is 0 Å². The van der Waals surface area contributed by atoms with Crippen LogP contribution in [0.25, 0.3) is 11.0 Å². The summed E-state index contributed by atoms with van der Waals surface area (Å²) in [6.07, 6.45) is 2.40. The van der Waals surface area contributed by atoms with Gasteiger partial charge in [-0.05, 0) is 24.3 Å². The third kappa shape index (κ3) is 2.74. The lowest BCUT2D eigenvalue weighted by molar-refractivity contribution is 0.305. The third-order valence-corrected chi connectivity index (χ3v) is 3.95. The highest BCUT2D eigenvalue weighted by molar-refractivity contribution is 7.12. The van der Waals surface area contributed by atoms with Crippen molar-refractivity contribution in [3.63, 3.8) is 0 Å². The molecule has 2 heterocycles. The molecule has 3 nitrogen and oxygen atoms in total. The van der Waals surface area contributed by atoms with Crippen molar-refractivity contribution in [3.8, 4) is 11.8 Å². The predicted octanol–water partition coefficient (Wildman–Crippen LogP) is 2.88. The van der Waals surface area contributed by atoms with Crippen molar-refractivity contribution < 1.29 is 5.11 Å². The number of aromatic nitrogens is 2. The van der Waals surface area contributed by atoms with Gasteiger partial charge in [-0.3, -0.25) is 0 Å². The number of imidazole rings is 1. The van der Waals surface area contributed by atoms with Crippen LogP contribution in [0.15, 0.2) is 42.7 Å². The van der Waals surface area contributed by atoms with E-state index in [-0.39, 0.29) is 6.61 Å². The first-order valence-corrected chi connectivity index (χ1v) is 7.27. The van der Waals surface area contributed by atoms with Gasteiger partial charge in [-0.25, -0.2) is 4.98 Å². The summed E-state index contributed by atoms with van der Waals surface area (Å²) in [5.41, 5.74) is 2.17. The second kappa shape index (κ2) is 5.91. The van der Waals surface area contributed by atoms with Crippen molar-refractivity contribution in [2.24, 2.45) is 0 Å². The van der Waals surface area contributed by atoms with Crippen molar-refractivity contribution in [3.05, 3.63) is 52.5 Å². The number of benzene rings is 1. The lowest BCUT2D eigenvalue weighted by Crippen LogP contribution is -1.94. The number of para-hydroxylation sites is 2. The standard InChI is InChI=1S/C16H14N2OS/c19-10-4-3-5-13-8-9-14(20-13)11-18-12-17-15-6-1-2-7-16(15)18/h1-2,6-9,12,19H,4,10-11H2. The average molecular weight is 282 g/mol. The first-order chi connectivity index (χ1) is 9.86. The maximum Gasteiger partial charge on any atom is 0.0961 e. The monoisotopic (exact) mass is 282 g/mol. The molecule has 100 valence electrons. The van der Waals surface area contributed by atoms with E-state index in [0.717, 1.165) is 22.5 Å².